The molecule has 4 aromatic heterocycles. The van der Waals surface area contributed by atoms with Crippen LogP contribution in [0.25, 0.3) is 16.2 Å². The molecule has 4 rings (SSSR count). The molecule has 0 aliphatic rings. The molecule has 1 amide bonds. The Kier molecular flexibility index (Phi) is 4.98. The van der Waals surface area contributed by atoms with E-state index < -0.39 is 0 Å². The highest BCUT2D eigenvalue weighted by Crippen LogP contribution is 2.28. The number of imidazole rings is 1. The van der Waals surface area contributed by atoms with Gasteiger partial charge in [-0.05, 0) is 44.9 Å². The number of hydrogen-bond acceptors (Lipinski definition) is 6. The smallest absolute Gasteiger partial charge is 0.277 e. The second kappa shape index (κ2) is 7.49. The van der Waals surface area contributed by atoms with Crippen LogP contribution in [0.2, 0.25) is 0 Å². The third-order valence-electron chi connectivity index (χ3n) is 5.10. The van der Waals surface area contributed by atoms with Gasteiger partial charge in [-0.25, -0.2) is 14.6 Å². The van der Waals surface area contributed by atoms with E-state index in [1.54, 1.807) is 14.0 Å². The van der Waals surface area contributed by atoms with Crippen LogP contribution in [0.4, 0.5) is 0 Å². The molecule has 8 nitrogen and oxygen atoms in total. The van der Waals surface area contributed by atoms with Gasteiger partial charge in [-0.1, -0.05) is 6.07 Å². The van der Waals surface area contributed by atoms with Crippen molar-refractivity contribution in [2.24, 2.45) is 7.05 Å². The lowest BCUT2D eigenvalue weighted by Crippen LogP contribution is -2.23. The molecule has 0 saturated heterocycles. The van der Waals surface area contributed by atoms with Crippen molar-refractivity contribution in [3.8, 4) is 10.6 Å². The Morgan fingerprint density at radius 1 is 1.17 bits per heavy atom. The van der Waals surface area contributed by atoms with E-state index in [0.717, 1.165) is 28.2 Å². The molecule has 30 heavy (non-hydrogen) atoms. The molecular weight excluding hydrogens is 400 g/mol. The predicted molar refractivity (Wildman–Crippen MR) is 116 cm³/mol. The fourth-order valence-corrected chi connectivity index (χ4v) is 4.43. The molecule has 0 aromatic carbocycles. The van der Waals surface area contributed by atoms with Crippen molar-refractivity contribution in [2.75, 3.05) is 0 Å². The van der Waals surface area contributed by atoms with Crippen molar-refractivity contribution in [3.63, 3.8) is 0 Å². The zero-order valence-electron chi connectivity index (χ0n) is 17.5. The minimum atomic E-state index is -0.231. The van der Waals surface area contributed by atoms with Gasteiger partial charge >= 0.3 is 0 Å². The molecule has 154 valence electrons. The number of amides is 1. The van der Waals surface area contributed by atoms with E-state index in [-0.39, 0.29) is 11.5 Å². The van der Waals surface area contributed by atoms with E-state index in [1.165, 1.54) is 16.0 Å². The van der Waals surface area contributed by atoms with E-state index in [0.29, 0.717) is 27.7 Å². The average molecular weight is 423 g/mol. The maximum absolute atomic E-state index is 12.8. The Hall–Kier alpha value is -3.33. The molecule has 4 heterocycles. The molecule has 0 radical (unpaired) electrons. The lowest BCUT2D eigenvalue weighted by Gasteiger charge is -2.07. The van der Waals surface area contributed by atoms with Gasteiger partial charge in [0.25, 0.3) is 11.5 Å². The number of pyridine rings is 1. The lowest BCUT2D eigenvalue weighted by molar-refractivity contribution is 0.0953. The zero-order valence-corrected chi connectivity index (χ0v) is 18.3. The van der Waals surface area contributed by atoms with E-state index >= 15 is 0 Å². The first-order valence-electron chi connectivity index (χ1n) is 9.50. The van der Waals surface area contributed by atoms with Crippen LogP contribution in [0.3, 0.4) is 0 Å². The molecule has 0 saturated carbocycles. The molecule has 1 N–H and O–H groups in total. The first-order valence-corrected chi connectivity index (χ1v) is 10.3. The maximum Gasteiger partial charge on any atom is 0.277 e. The average Bonchev–Trinajstić information content (AvgIpc) is 3.29. The third-order valence-corrected chi connectivity index (χ3v) is 6.27. The molecule has 0 bridgehead atoms. The normalized spacial score (nSPS) is 11.2. The number of rotatable bonds is 4. The molecule has 9 heteroatoms. The molecule has 0 unspecified atom stereocenters. The van der Waals surface area contributed by atoms with Gasteiger partial charge in [0.1, 0.15) is 15.5 Å². The van der Waals surface area contributed by atoms with Gasteiger partial charge in [0.15, 0.2) is 0 Å². The fraction of sp³-hybridized carbons (Fsp3) is 0.286. The van der Waals surface area contributed by atoms with Gasteiger partial charge in [-0.3, -0.25) is 9.59 Å². The predicted octanol–water partition coefficient (Wildman–Crippen LogP) is 2.72. The zero-order chi connectivity index (χ0) is 21.6. The molecule has 0 aliphatic heterocycles. The molecule has 0 fully saturated rings. The topological polar surface area (TPSA) is 94.2 Å². The van der Waals surface area contributed by atoms with E-state index in [1.807, 2.05) is 49.7 Å². The Balaban J connectivity index is 1.60. The number of thiazole rings is 1. The van der Waals surface area contributed by atoms with Crippen molar-refractivity contribution in [3.05, 3.63) is 68.0 Å². The van der Waals surface area contributed by atoms with Gasteiger partial charge in [0.05, 0.1) is 29.2 Å². The van der Waals surface area contributed by atoms with E-state index in [2.05, 4.69) is 20.4 Å². The monoisotopic (exact) mass is 422 g/mol. The van der Waals surface area contributed by atoms with Gasteiger partial charge in [-0.2, -0.15) is 5.10 Å². The summed E-state index contributed by atoms with van der Waals surface area (Å²) in [5.41, 5.74) is 5.11. The summed E-state index contributed by atoms with van der Waals surface area (Å²) in [6, 6.07) is 3.96. The number of hydrogen-bond donors (Lipinski definition) is 1. The summed E-state index contributed by atoms with van der Waals surface area (Å²) in [4.78, 5) is 35.0. The number of aryl methyl sites for hydroxylation is 4. The summed E-state index contributed by atoms with van der Waals surface area (Å²) in [7, 11) is 1.61. The standard InChI is InChI=1S/C21H22N6O2S/c1-11-7-6-8-27-10-15(24-18(11)27)9-22-19(28)17-14(4)23-20(30-17)16-12(2)13(3)25-26(5)21(16)29/h6-8,10H,9H2,1-5H3,(H,22,28). The van der Waals surface area contributed by atoms with Crippen LogP contribution in [0, 0.1) is 27.7 Å². The molecule has 0 aliphatic carbocycles. The Bertz CT molecular complexity index is 1350. The lowest BCUT2D eigenvalue weighted by atomic mass is 10.1. The highest BCUT2D eigenvalue weighted by molar-refractivity contribution is 7.17. The van der Waals surface area contributed by atoms with Crippen LogP contribution in [0.1, 0.15) is 37.9 Å². The second-order valence-electron chi connectivity index (χ2n) is 7.28. The number of aromatic nitrogens is 5. The van der Waals surface area contributed by atoms with E-state index in [4.69, 9.17) is 0 Å². The molecular formula is C21H22N6O2S. The van der Waals surface area contributed by atoms with Crippen LogP contribution < -0.4 is 10.9 Å². The third kappa shape index (κ3) is 3.41. The molecule has 0 spiro atoms. The minimum Gasteiger partial charge on any atom is -0.346 e. The highest BCUT2D eigenvalue weighted by atomic mass is 32.1. The quantitative estimate of drug-likeness (QED) is 0.546. The van der Waals surface area contributed by atoms with Crippen molar-refractivity contribution >= 4 is 22.9 Å². The number of fused-ring (bicyclic) bond motifs is 1. The summed E-state index contributed by atoms with van der Waals surface area (Å²) in [6.45, 7) is 7.78. The number of nitrogens with one attached hydrogen (secondary N) is 1. The summed E-state index contributed by atoms with van der Waals surface area (Å²) in [5.74, 6) is -0.231. The minimum absolute atomic E-state index is 0.223. The van der Waals surface area contributed by atoms with Gasteiger partial charge in [0.2, 0.25) is 0 Å². The Morgan fingerprint density at radius 3 is 2.67 bits per heavy atom. The van der Waals surface area contributed by atoms with E-state index in [9.17, 15) is 9.59 Å². The van der Waals surface area contributed by atoms with Crippen molar-refractivity contribution in [1.82, 2.24) is 29.5 Å². The summed E-state index contributed by atoms with van der Waals surface area (Å²) >= 11 is 1.22. The van der Waals surface area contributed by atoms with Crippen molar-refractivity contribution in [1.29, 1.82) is 0 Å². The number of carbonyl (C=O) groups is 1. The van der Waals surface area contributed by atoms with Crippen LogP contribution in [-0.2, 0) is 13.6 Å². The maximum atomic E-state index is 12.8. The number of nitrogens with zero attached hydrogens (tertiary/aromatic N) is 5. The van der Waals surface area contributed by atoms with Gasteiger partial charge in [0, 0.05) is 19.4 Å². The van der Waals surface area contributed by atoms with Crippen LogP contribution in [0.15, 0.2) is 29.3 Å². The second-order valence-corrected chi connectivity index (χ2v) is 8.28. The van der Waals surface area contributed by atoms with Crippen molar-refractivity contribution in [2.45, 2.75) is 34.2 Å². The molecule has 4 aromatic rings. The summed E-state index contributed by atoms with van der Waals surface area (Å²) in [5, 5.41) is 7.65. The van der Waals surface area contributed by atoms with Crippen molar-refractivity contribution < 1.29 is 4.79 Å². The van der Waals surface area contributed by atoms with Crippen LogP contribution in [-0.4, -0.2) is 30.1 Å². The fourth-order valence-electron chi connectivity index (χ4n) is 3.36. The first kappa shape index (κ1) is 20.0. The van der Waals surface area contributed by atoms with Gasteiger partial charge in [-0.15, -0.1) is 11.3 Å². The summed E-state index contributed by atoms with van der Waals surface area (Å²) < 4.78 is 3.25. The highest BCUT2D eigenvalue weighted by Gasteiger charge is 2.21. The van der Waals surface area contributed by atoms with Crippen LogP contribution >= 0.6 is 11.3 Å². The van der Waals surface area contributed by atoms with Gasteiger partial charge < -0.3 is 9.72 Å². The first-order chi connectivity index (χ1) is 14.3. The Morgan fingerprint density at radius 2 is 1.93 bits per heavy atom. The Labute approximate surface area is 177 Å². The van der Waals surface area contributed by atoms with Crippen LogP contribution in [0.5, 0.6) is 0 Å². The SMILES string of the molecule is Cc1nc(-c2c(C)c(C)nn(C)c2=O)sc1C(=O)NCc1cn2cccc(C)c2n1. The largest absolute Gasteiger partial charge is 0.346 e. The summed E-state index contributed by atoms with van der Waals surface area (Å²) in [6.07, 6.45) is 3.83. The molecule has 0 atom stereocenters. The number of carbonyl (C=O) groups excluding carboxylic acids is 1.